The van der Waals surface area contributed by atoms with E-state index in [1.54, 1.807) is 53.3 Å². The lowest BCUT2D eigenvalue weighted by atomic mass is 10.1. The molecule has 10 aromatic rings. The number of nitrogens with one attached hydrogen (secondary N) is 3. The van der Waals surface area contributed by atoms with Crippen LogP contribution < -0.4 is 10.6 Å². The number of oxazole rings is 2. The smallest absolute Gasteiger partial charge is 0.255 e. The van der Waals surface area contributed by atoms with E-state index in [0.717, 1.165) is 27.8 Å². The van der Waals surface area contributed by atoms with Gasteiger partial charge in [0.05, 0.1) is 46.9 Å². The van der Waals surface area contributed by atoms with Crippen molar-refractivity contribution < 1.29 is 23.2 Å². The Kier molecular flexibility index (Phi) is 12.7. The molecule has 0 aliphatic carbocycles. The topological polar surface area (TPSA) is 227 Å². The van der Waals surface area contributed by atoms with Crippen molar-refractivity contribution in [3.8, 4) is 22.8 Å². The Labute approximate surface area is 399 Å². The predicted molar refractivity (Wildman–Crippen MR) is 260 cm³/mol. The molecule has 2 atom stereocenters. The number of amides is 2. The number of aromatic amines is 1. The molecule has 0 aliphatic rings. The van der Waals surface area contributed by atoms with E-state index in [9.17, 15) is 9.59 Å². The number of nitrogens with zero attached hydrogens (tertiary/aromatic N) is 11. The Bertz CT molecular complexity index is 3450. The molecule has 8 aromatic heterocycles. The molecule has 2 aromatic carbocycles. The Morgan fingerprint density at radius 1 is 0.765 bits per heavy atom. The first-order valence-corrected chi connectivity index (χ1v) is 26.0. The van der Waals surface area contributed by atoms with Gasteiger partial charge in [-0.25, -0.2) is 29.9 Å². The van der Waals surface area contributed by atoms with Gasteiger partial charge in [-0.2, -0.15) is 10.2 Å². The van der Waals surface area contributed by atoms with E-state index >= 15 is 0 Å². The van der Waals surface area contributed by atoms with Gasteiger partial charge in [0.2, 0.25) is 11.8 Å². The summed E-state index contributed by atoms with van der Waals surface area (Å²) in [7, 11) is 2.46. The molecule has 0 fully saturated rings. The third-order valence-electron chi connectivity index (χ3n) is 11.1. The van der Waals surface area contributed by atoms with E-state index in [0.29, 0.717) is 84.7 Å². The van der Waals surface area contributed by atoms with Gasteiger partial charge in [-0.3, -0.25) is 19.0 Å². The number of ether oxygens (including phenoxy) is 1. The predicted octanol–water partition coefficient (Wildman–Crippen LogP) is 9.07. The van der Waals surface area contributed by atoms with Gasteiger partial charge in [0.15, 0.2) is 11.3 Å². The molecule has 8 heterocycles. The molecule has 3 N–H and O–H groups in total. The molecule has 0 spiro atoms. The zero-order valence-electron chi connectivity index (χ0n) is 38.1. The van der Waals surface area contributed by atoms with Crippen LogP contribution in [0.5, 0.6) is 0 Å². The normalized spacial score (nSPS) is 12.7. The lowest BCUT2D eigenvalue weighted by Crippen LogP contribution is -2.26. The molecule has 22 heteroatoms. The van der Waals surface area contributed by atoms with Crippen molar-refractivity contribution in [2.45, 2.75) is 58.3 Å². The number of aromatic nitrogens is 12. The number of aryl methyl sites for hydroxylation is 2. The lowest BCUT2D eigenvalue weighted by molar-refractivity contribution is 0.0888. The fourth-order valence-corrected chi connectivity index (χ4v) is 8.65. The van der Waals surface area contributed by atoms with Crippen molar-refractivity contribution in [2.24, 2.45) is 14.1 Å². The first-order chi connectivity index (χ1) is 32.6. The second-order valence-corrected chi connectivity index (χ2v) is 23.8. The molecule has 348 valence electrons. The lowest BCUT2D eigenvalue weighted by Gasteiger charge is -2.15. The van der Waals surface area contributed by atoms with Gasteiger partial charge < -0.3 is 33.8 Å². The van der Waals surface area contributed by atoms with Crippen LogP contribution in [0.1, 0.15) is 58.4 Å². The molecule has 68 heavy (non-hydrogen) atoms. The van der Waals surface area contributed by atoms with Crippen LogP contribution in [0.2, 0.25) is 35.7 Å². The van der Waals surface area contributed by atoms with Gasteiger partial charge in [-0.15, -0.1) is 0 Å². The number of carbonyl (C=O) groups excluding carboxylic acids is 2. The van der Waals surface area contributed by atoms with Crippen LogP contribution in [0.4, 0.5) is 0 Å². The molecule has 2 unspecified atom stereocenters. The van der Waals surface area contributed by atoms with Gasteiger partial charge in [-0.05, 0) is 56.3 Å². The van der Waals surface area contributed by atoms with Gasteiger partial charge >= 0.3 is 0 Å². The summed E-state index contributed by atoms with van der Waals surface area (Å²) >= 11 is 12.3. The fourth-order valence-electron chi connectivity index (χ4n) is 7.56. The van der Waals surface area contributed by atoms with Crippen molar-refractivity contribution in [3.05, 3.63) is 119 Å². The van der Waals surface area contributed by atoms with E-state index in [1.807, 2.05) is 55.9 Å². The summed E-state index contributed by atoms with van der Waals surface area (Å²) in [5.74, 6) is 0.220. The summed E-state index contributed by atoms with van der Waals surface area (Å²) in [6.45, 7) is 11.4. The zero-order valence-corrected chi connectivity index (χ0v) is 40.6. The molecule has 0 radical (unpaired) electrons. The second-order valence-electron chi connectivity index (χ2n) is 17.3. The van der Waals surface area contributed by atoms with E-state index in [2.05, 4.69) is 65.4 Å². The highest BCUT2D eigenvalue weighted by molar-refractivity contribution is 6.76. The maximum Gasteiger partial charge on any atom is 0.255 e. The summed E-state index contributed by atoms with van der Waals surface area (Å²) in [5.41, 5.74) is 6.93. The van der Waals surface area contributed by atoms with Gasteiger partial charge in [0.25, 0.3) is 11.8 Å². The fraction of sp³-hybridized carbons (Fsp3) is 0.261. The summed E-state index contributed by atoms with van der Waals surface area (Å²) in [4.78, 5) is 56.1. The van der Waals surface area contributed by atoms with Crippen LogP contribution in [0.15, 0.2) is 94.9 Å². The third-order valence-corrected chi connectivity index (χ3v) is 13.3. The number of halogens is 2. The minimum Gasteiger partial charge on any atom is -0.447 e. The highest BCUT2D eigenvalue weighted by atomic mass is 35.5. The molecule has 0 saturated heterocycles. The SMILES string of the molecule is CC(NC(=O)c1c[nH]c2ncc(-c3nn(C)c4cc(Cl)ccc34)nc12)c1ncco1.CC(NC(=O)c1cn(COCC[Si](C)(C)C)c2ncc(-c3nn(C)c4cc(Cl)ccc34)nc12)c1ncco1. The minimum absolute atomic E-state index is 0.266. The summed E-state index contributed by atoms with van der Waals surface area (Å²) in [6, 6.07) is 11.4. The quantitative estimate of drug-likeness (QED) is 0.0725. The van der Waals surface area contributed by atoms with Gasteiger partial charge in [-0.1, -0.05) is 42.8 Å². The first-order valence-electron chi connectivity index (χ1n) is 21.6. The van der Waals surface area contributed by atoms with Crippen molar-refractivity contribution in [2.75, 3.05) is 6.61 Å². The number of carbonyl (C=O) groups is 2. The Balaban J connectivity index is 0.000000174. The van der Waals surface area contributed by atoms with Crippen LogP contribution in [-0.4, -0.2) is 85.5 Å². The maximum absolute atomic E-state index is 13.4. The highest BCUT2D eigenvalue weighted by Crippen LogP contribution is 2.32. The summed E-state index contributed by atoms with van der Waals surface area (Å²) in [5, 5.41) is 18.1. The molecule has 0 saturated carbocycles. The monoisotopic (exact) mass is 972 g/mol. The standard InChI is InChI=1S/C26H30ClN7O3Si.C20H16ClN7O2/c1-16(26-28-8-9-37-26)30-25(35)19-14-34(15-36-10-11-38(3,4)5)24-23(19)31-20(13-29-24)22-18-7-6-17(27)12-21(18)33(2)32-22;1-10(20-22-5-6-30-20)25-19(29)13-8-23-18-17(13)26-14(9-24-18)16-12-4-3-11(21)7-15(12)28(2)27-16/h6-9,12-14,16H,10-11,15H2,1-5H3,(H,30,35);3-10H,1-2H3,(H,23,24)(H,25,29). The minimum atomic E-state index is -1.23. The molecule has 0 aliphatic heterocycles. The van der Waals surface area contributed by atoms with E-state index in [-0.39, 0.29) is 18.5 Å². The Morgan fingerprint density at radius 3 is 1.85 bits per heavy atom. The van der Waals surface area contributed by atoms with Crippen molar-refractivity contribution in [1.29, 1.82) is 0 Å². The summed E-state index contributed by atoms with van der Waals surface area (Å²) in [6.07, 6.45) is 12.6. The van der Waals surface area contributed by atoms with Crippen LogP contribution >= 0.6 is 23.2 Å². The van der Waals surface area contributed by atoms with Gasteiger partial charge in [0, 0.05) is 62.0 Å². The largest absolute Gasteiger partial charge is 0.447 e. The zero-order chi connectivity index (χ0) is 47.9. The molecule has 2 amide bonds. The number of rotatable bonds is 13. The molecular formula is C46H46Cl2N14O5Si. The number of benzene rings is 2. The second kappa shape index (κ2) is 18.8. The number of H-pyrrole nitrogens is 1. The van der Waals surface area contributed by atoms with Crippen LogP contribution in [0.3, 0.4) is 0 Å². The molecule has 10 rings (SSSR count). The van der Waals surface area contributed by atoms with Crippen molar-refractivity contribution in [1.82, 2.24) is 69.6 Å². The highest BCUT2D eigenvalue weighted by Gasteiger charge is 2.24. The Hall–Kier alpha value is -7.26. The number of hydrogen-bond acceptors (Lipinski definition) is 13. The number of fused-ring (bicyclic) bond motifs is 4. The first kappa shape index (κ1) is 45.9. The van der Waals surface area contributed by atoms with Crippen LogP contribution in [0.25, 0.3) is 66.9 Å². The molecule has 0 bridgehead atoms. The number of hydrogen-bond donors (Lipinski definition) is 3. The van der Waals surface area contributed by atoms with E-state index < -0.39 is 20.2 Å². The van der Waals surface area contributed by atoms with Crippen molar-refractivity contribution in [3.63, 3.8) is 0 Å². The van der Waals surface area contributed by atoms with E-state index in [4.69, 9.17) is 46.7 Å². The molecular weight excluding hydrogens is 928 g/mol. The Morgan fingerprint density at radius 2 is 1.31 bits per heavy atom. The maximum atomic E-state index is 13.4. The van der Waals surface area contributed by atoms with Crippen LogP contribution in [0, 0.1) is 0 Å². The van der Waals surface area contributed by atoms with Crippen LogP contribution in [-0.2, 0) is 25.6 Å². The van der Waals surface area contributed by atoms with E-state index in [1.165, 1.54) is 18.7 Å². The van der Waals surface area contributed by atoms with Crippen molar-refractivity contribution >= 4 is 87.2 Å². The average molecular weight is 974 g/mol. The molecule has 19 nitrogen and oxygen atoms in total. The van der Waals surface area contributed by atoms with Gasteiger partial charge in [0.1, 0.15) is 65.1 Å². The average Bonchev–Trinajstić information content (AvgIpc) is 4.18. The summed E-state index contributed by atoms with van der Waals surface area (Å²) < 4.78 is 21.9. The third kappa shape index (κ3) is 9.48.